The zero-order chi connectivity index (χ0) is 18.0. The Labute approximate surface area is 150 Å². The molecular weight excluding hydrogens is 371 g/mol. The van der Waals surface area contributed by atoms with Gasteiger partial charge in [-0.15, -0.1) is 0 Å². The van der Waals surface area contributed by atoms with Crippen LogP contribution < -0.4 is 4.72 Å². The summed E-state index contributed by atoms with van der Waals surface area (Å²) in [6.07, 6.45) is 1.42. The van der Waals surface area contributed by atoms with E-state index in [1.54, 1.807) is 11.8 Å². The summed E-state index contributed by atoms with van der Waals surface area (Å²) in [4.78, 5) is 4.37. The second-order valence-electron chi connectivity index (χ2n) is 5.86. The van der Waals surface area contributed by atoms with E-state index in [-0.39, 0.29) is 17.4 Å². The van der Waals surface area contributed by atoms with Crippen LogP contribution in [0.3, 0.4) is 0 Å². The van der Waals surface area contributed by atoms with Gasteiger partial charge in [-0.3, -0.25) is 0 Å². The van der Waals surface area contributed by atoms with E-state index >= 15 is 0 Å². The standard InChI is InChI=1S/C15H18ClFN4O3S/c1-24-8-14-18-15-13(3-2-6-21(15)19-14)20-25(22,23)9-10-4-5-12(17)11(16)7-10/h4-5,7,13,20H,2-3,6,8-9H2,1H3/t13-/m1/s1. The molecule has 2 heterocycles. The number of benzene rings is 1. The minimum absolute atomic E-state index is 0.102. The van der Waals surface area contributed by atoms with Crippen LogP contribution in [-0.2, 0) is 33.7 Å². The molecule has 0 radical (unpaired) electrons. The number of hydrogen-bond acceptors (Lipinski definition) is 5. The number of methoxy groups -OCH3 is 1. The molecule has 1 aliphatic rings. The van der Waals surface area contributed by atoms with E-state index in [1.165, 1.54) is 12.1 Å². The summed E-state index contributed by atoms with van der Waals surface area (Å²) >= 11 is 5.71. The van der Waals surface area contributed by atoms with Gasteiger partial charge >= 0.3 is 0 Å². The van der Waals surface area contributed by atoms with Crippen LogP contribution in [0.2, 0.25) is 5.02 Å². The Kier molecular flexibility index (Phi) is 5.38. The lowest BCUT2D eigenvalue weighted by molar-refractivity contribution is 0.177. The van der Waals surface area contributed by atoms with Gasteiger partial charge in [0.25, 0.3) is 0 Å². The first-order valence-corrected chi connectivity index (χ1v) is 9.77. The molecule has 0 bridgehead atoms. The van der Waals surface area contributed by atoms with Crippen LogP contribution in [0.5, 0.6) is 0 Å². The average Bonchev–Trinajstić information content (AvgIpc) is 2.94. The van der Waals surface area contributed by atoms with Gasteiger partial charge in [-0.2, -0.15) is 5.10 Å². The fourth-order valence-electron chi connectivity index (χ4n) is 2.81. The minimum atomic E-state index is -3.65. The molecule has 1 aromatic heterocycles. The van der Waals surface area contributed by atoms with Gasteiger partial charge in [-0.25, -0.2) is 27.2 Å². The van der Waals surface area contributed by atoms with Gasteiger partial charge in [0.15, 0.2) is 5.82 Å². The maximum atomic E-state index is 13.2. The zero-order valence-electron chi connectivity index (χ0n) is 13.6. The van der Waals surface area contributed by atoms with Gasteiger partial charge < -0.3 is 4.74 Å². The summed E-state index contributed by atoms with van der Waals surface area (Å²) in [5, 5.41) is 4.21. The van der Waals surface area contributed by atoms with Crippen LogP contribution in [0.4, 0.5) is 4.39 Å². The molecule has 0 aliphatic carbocycles. The van der Waals surface area contributed by atoms with Crippen LogP contribution in [0.1, 0.15) is 36.1 Å². The quantitative estimate of drug-likeness (QED) is 0.819. The highest BCUT2D eigenvalue weighted by molar-refractivity contribution is 7.88. The van der Waals surface area contributed by atoms with Crippen LogP contribution >= 0.6 is 11.6 Å². The highest BCUT2D eigenvalue weighted by atomic mass is 35.5. The third kappa shape index (κ3) is 4.35. The van der Waals surface area contributed by atoms with E-state index in [2.05, 4.69) is 14.8 Å². The van der Waals surface area contributed by atoms with Crippen LogP contribution in [-0.4, -0.2) is 30.3 Å². The van der Waals surface area contributed by atoms with Crippen LogP contribution in [0.25, 0.3) is 0 Å². The molecule has 1 aliphatic heterocycles. The smallest absolute Gasteiger partial charge is 0.216 e. The van der Waals surface area contributed by atoms with Crippen molar-refractivity contribution in [3.8, 4) is 0 Å². The van der Waals surface area contributed by atoms with E-state index in [4.69, 9.17) is 16.3 Å². The maximum Gasteiger partial charge on any atom is 0.216 e. The molecule has 0 amide bonds. The molecule has 0 saturated carbocycles. The fourth-order valence-corrected chi connectivity index (χ4v) is 4.37. The van der Waals surface area contributed by atoms with Crippen molar-refractivity contribution < 1.29 is 17.5 Å². The van der Waals surface area contributed by atoms with Gasteiger partial charge in [0.1, 0.15) is 18.2 Å². The number of aryl methyl sites for hydroxylation is 1. The number of halogens is 2. The molecular formula is C15H18ClFN4O3S. The second kappa shape index (κ2) is 7.36. The highest BCUT2D eigenvalue weighted by Gasteiger charge is 2.28. The Morgan fingerprint density at radius 3 is 3.00 bits per heavy atom. The molecule has 0 spiro atoms. The summed E-state index contributed by atoms with van der Waals surface area (Å²) in [6.45, 7) is 0.964. The van der Waals surface area contributed by atoms with E-state index in [0.717, 1.165) is 12.5 Å². The third-order valence-electron chi connectivity index (χ3n) is 3.85. The SMILES string of the molecule is COCc1nc2n(n1)CCC[C@H]2NS(=O)(=O)Cc1ccc(F)c(Cl)c1. The Morgan fingerprint density at radius 1 is 1.48 bits per heavy atom. The largest absolute Gasteiger partial charge is 0.377 e. The molecule has 0 saturated heterocycles. The van der Waals surface area contributed by atoms with Crippen molar-refractivity contribution in [3.05, 3.63) is 46.3 Å². The first kappa shape index (κ1) is 18.2. The van der Waals surface area contributed by atoms with E-state index in [0.29, 0.717) is 30.2 Å². The summed E-state index contributed by atoms with van der Waals surface area (Å²) in [6, 6.07) is 3.42. The molecule has 1 aromatic carbocycles. The molecule has 136 valence electrons. The van der Waals surface area contributed by atoms with Crippen molar-refractivity contribution in [2.75, 3.05) is 7.11 Å². The van der Waals surface area contributed by atoms with Crippen molar-refractivity contribution in [1.29, 1.82) is 0 Å². The van der Waals surface area contributed by atoms with Crippen LogP contribution in [0.15, 0.2) is 18.2 Å². The number of hydrogen-bond donors (Lipinski definition) is 1. The predicted octanol–water partition coefficient (Wildman–Crippen LogP) is 2.17. The Hall–Kier alpha value is -1.55. The van der Waals surface area contributed by atoms with Crippen molar-refractivity contribution >= 4 is 21.6 Å². The summed E-state index contributed by atoms with van der Waals surface area (Å²) in [5.41, 5.74) is 0.413. The van der Waals surface area contributed by atoms with Crippen molar-refractivity contribution in [2.45, 2.75) is 37.8 Å². The van der Waals surface area contributed by atoms with Gasteiger partial charge in [0.2, 0.25) is 10.0 Å². The number of fused-ring (bicyclic) bond motifs is 1. The van der Waals surface area contributed by atoms with E-state index in [1.807, 2.05) is 0 Å². The predicted molar refractivity (Wildman–Crippen MR) is 89.9 cm³/mol. The number of sulfonamides is 1. The lowest BCUT2D eigenvalue weighted by atomic mass is 10.1. The number of rotatable bonds is 6. The Bertz CT molecular complexity index is 872. The van der Waals surface area contributed by atoms with Crippen molar-refractivity contribution in [3.63, 3.8) is 0 Å². The molecule has 7 nitrogen and oxygen atoms in total. The van der Waals surface area contributed by atoms with Gasteiger partial charge in [-0.05, 0) is 30.5 Å². The zero-order valence-corrected chi connectivity index (χ0v) is 15.1. The molecule has 1 atom stereocenters. The molecule has 1 N–H and O–H groups in total. The second-order valence-corrected chi connectivity index (χ2v) is 8.02. The van der Waals surface area contributed by atoms with E-state index < -0.39 is 21.9 Å². The third-order valence-corrected chi connectivity index (χ3v) is 5.50. The van der Waals surface area contributed by atoms with Crippen molar-refractivity contribution in [2.24, 2.45) is 0 Å². The first-order valence-electron chi connectivity index (χ1n) is 7.74. The molecule has 10 heteroatoms. The number of ether oxygens (including phenoxy) is 1. The minimum Gasteiger partial charge on any atom is -0.377 e. The Morgan fingerprint density at radius 2 is 2.28 bits per heavy atom. The first-order chi connectivity index (χ1) is 11.9. The summed E-state index contributed by atoms with van der Waals surface area (Å²) in [7, 11) is -2.10. The normalized spacial score (nSPS) is 17.5. The molecule has 25 heavy (non-hydrogen) atoms. The topological polar surface area (TPSA) is 86.1 Å². The molecule has 2 aromatic rings. The van der Waals surface area contributed by atoms with Gasteiger partial charge in [-0.1, -0.05) is 17.7 Å². The number of nitrogens with one attached hydrogen (secondary N) is 1. The number of nitrogens with zero attached hydrogens (tertiary/aromatic N) is 3. The van der Waals surface area contributed by atoms with Gasteiger partial charge in [0.05, 0.1) is 16.8 Å². The highest BCUT2D eigenvalue weighted by Crippen LogP contribution is 2.25. The molecule has 0 unspecified atom stereocenters. The molecule has 3 rings (SSSR count). The monoisotopic (exact) mass is 388 g/mol. The summed E-state index contributed by atoms with van der Waals surface area (Å²) < 4.78 is 47.6. The van der Waals surface area contributed by atoms with Crippen LogP contribution in [0, 0.1) is 5.82 Å². The van der Waals surface area contributed by atoms with Gasteiger partial charge in [0, 0.05) is 13.7 Å². The summed E-state index contributed by atoms with van der Waals surface area (Å²) in [5.74, 6) is 0.234. The molecule has 0 fully saturated rings. The fraction of sp³-hybridized carbons (Fsp3) is 0.467. The number of aromatic nitrogens is 3. The van der Waals surface area contributed by atoms with E-state index in [9.17, 15) is 12.8 Å². The maximum absolute atomic E-state index is 13.2. The lowest BCUT2D eigenvalue weighted by Crippen LogP contribution is -2.34. The Balaban J connectivity index is 1.76. The average molecular weight is 389 g/mol. The lowest BCUT2D eigenvalue weighted by Gasteiger charge is -2.23. The van der Waals surface area contributed by atoms with Crippen molar-refractivity contribution in [1.82, 2.24) is 19.5 Å².